The molecule has 24 heavy (non-hydrogen) atoms. The number of amides is 3. The Kier molecular flexibility index (Phi) is 3.35. The van der Waals surface area contributed by atoms with Crippen LogP contribution in [0.25, 0.3) is 10.8 Å². The second-order valence-corrected chi connectivity index (χ2v) is 6.94. The number of nitrogens with zero attached hydrogens (tertiary/aromatic N) is 1. The molecule has 124 valence electrons. The Bertz CT molecular complexity index is 830. The lowest BCUT2D eigenvalue weighted by Gasteiger charge is -2.22. The van der Waals surface area contributed by atoms with Gasteiger partial charge in [0.15, 0.2) is 0 Å². The molecule has 2 aromatic carbocycles. The molecule has 0 spiro atoms. The number of aliphatic hydroxyl groups excluding tert-OH is 1. The molecule has 2 aromatic rings. The predicted octanol–water partition coefficient (Wildman–Crippen LogP) is 2.59. The fourth-order valence-electron chi connectivity index (χ4n) is 3.51. The molecule has 1 aliphatic heterocycles. The summed E-state index contributed by atoms with van der Waals surface area (Å²) in [5.41, 5.74) is -0.102. The van der Waals surface area contributed by atoms with Crippen LogP contribution in [0.1, 0.15) is 31.4 Å². The lowest BCUT2D eigenvalue weighted by atomic mass is 9.96. The van der Waals surface area contributed by atoms with Crippen LogP contribution in [0.4, 0.5) is 4.79 Å². The maximum Gasteiger partial charge on any atom is 0.325 e. The van der Waals surface area contributed by atoms with Crippen molar-refractivity contribution in [3.63, 3.8) is 0 Å². The molecule has 0 aromatic heterocycles. The van der Waals surface area contributed by atoms with Gasteiger partial charge >= 0.3 is 6.03 Å². The third-order valence-electron chi connectivity index (χ3n) is 5.21. The minimum absolute atomic E-state index is 0.0225. The van der Waals surface area contributed by atoms with Gasteiger partial charge in [-0.05, 0) is 48.1 Å². The second kappa shape index (κ2) is 5.31. The van der Waals surface area contributed by atoms with Crippen molar-refractivity contribution in [1.82, 2.24) is 10.2 Å². The van der Waals surface area contributed by atoms with Crippen molar-refractivity contribution in [2.24, 2.45) is 5.92 Å². The number of benzene rings is 2. The summed E-state index contributed by atoms with van der Waals surface area (Å²) >= 11 is 0. The molecule has 1 saturated carbocycles. The van der Waals surface area contributed by atoms with Crippen molar-refractivity contribution in [3.8, 4) is 0 Å². The summed E-state index contributed by atoms with van der Waals surface area (Å²) in [5.74, 6) is -0.00778. The van der Waals surface area contributed by atoms with Crippen molar-refractivity contribution >= 4 is 22.7 Å². The number of fused-ring (bicyclic) bond motifs is 1. The fraction of sp³-hybridized carbons (Fsp3) is 0.368. The van der Waals surface area contributed by atoms with Gasteiger partial charge in [-0.15, -0.1) is 0 Å². The summed E-state index contributed by atoms with van der Waals surface area (Å²) in [4.78, 5) is 26.0. The summed E-state index contributed by atoms with van der Waals surface area (Å²) in [6, 6.07) is 13.2. The molecule has 1 aliphatic carbocycles. The lowest BCUT2D eigenvalue weighted by Crippen LogP contribution is -2.46. The number of carbonyl (C=O) groups excluding carboxylic acids is 2. The van der Waals surface area contributed by atoms with Crippen LogP contribution in [0.15, 0.2) is 42.5 Å². The lowest BCUT2D eigenvalue weighted by molar-refractivity contribution is -0.132. The zero-order valence-electron chi connectivity index (χ0n) is 13.5. The third-order valence-corrected chi connectivity index (χ3v) is 5.21. The molecular formula is C19H20N2O3. The van der Waals surface area contributed by atoms with Crippen LogP contribution in [-0.4, -0.2) is 34.0 Å². The van der Waals surface area contributed by atoms with Gasteiger partial charge in [-0.25, -0.2) is 4.79 Å². The Morgan fingerprint density at radius 3 is 2.62 bits per heavy atom. The van der Waals surface area contributed by atoms with E-state index in [0.717, 1.165) is 28.5 Å². The Balaban J connectivity index is 1.55. The Morgan fingerprint density at radius 2 is 1.92 bits per heavy atom. The van der Waals surface area contributed by atoms with Gasteiger partial charge in [-0.2, -0.15) is 0 Å². The summed E-state index contributed by atoms with van der Waals surface area (Å²) in [6.45, 7) is 1.76. The van der Waals surface area contributed by atoms with Gasteiger partial charge in [0.1, 0.15) is 5.54 Å². The highest BCUT2D eigenvalue weighted by atomic mass is 16.3. The first-order chi connectivity index (χ1) is 11.5. The molecule has 1 heterocycles. The van der Waals surface area contributed by atoms with Crippen LogP contribution in [-0.2, 0) is 4.79 Å². The maximum atomic E-state index is 12.6. The van der Waals surface area contributed by atoms with E-state index in [1.54, 1.807) is 6.92 Å². The Morgan fingerprint density at radius 1 is 1.21 bits per heavy atom. The normalized spacial score (nSPS) is 25.2. The highest BCUT2D eigenvalue weighted by molar-refractivity contribution is 6.07. The number of imide groups is 1. The van der Waals surface area contributed by atoms with E-state index in [9.17, 15) is 14.7 Å². The standard InChI is InChI=1S/C19H20N2O3/c1-19(15-8-9-15)17(23)21(18(24)20-19)11-16(22)14-7-6-12-4-2-3-5-13(12)10-14/h2-7,10,15-16,22H,8-9,11H2,1H3,(H,20,24). The van der Waals surface area contributed by atoms with Crippen LogP contribution >= 0.6 is 0 Å². The zero-order chi connectivity index (χ0) is 16.9. The van der Waals surface area contributed by atoms with E-state index in [4.69, 9.17) is 0 Å². The van der Waals surface area contributed by atoms with Crippen molar-refractivity contribution in [1.29, 1.82) is 0 Å². The molecule has 2 fully saturated rings. The summed E-state index contributed by atoms with van der Waals surface area (Å²) in [6.07, 6.45) is 1.03. The van der Waals surface area contributed by atoms with E-state index >= 15 is 0 Å². The van der Waals surface area contributed by atoms with Crippen LogP contribution < -0.4 is 5.32 Å². The van der Waals surface area contributed by atoms with Crippen molar-refractivity contribution in [3.05, 3.63) is 48.0 Å². The van der Waals surface area contributed by atoms with Crippen LogP contribution in [0.3, 0.4) is 0 Å². The molecule has 3 amide bonds. The molecule has 2 aliphatic rings. The number of aliphatic hydroxyl groups is 1. The molecule has 5 heteroatoms. The van der Waals surface area contributed by atoms with Crippen molar-refractivity contribution < 1.29 is 14.7 Å². The molecule has 2 atom stereocenters. The minimum atomic E-state index is -0.897. The van der Waals surface area contributed by atoms with Crippen LogP contribution in [0, 0.1) is 5.92 Å². The second-order valence-electron chi connectivity index (χ2n) is 6.94. The molecule has 2 unspecified atom stereocenters. The number of urea groups is 1. The van der Waals surface area contributed by atoms with E-state index in [1.807, 2.05) is 42.5 Å². The summed E-state index contributed by atoms with van der Waals surface area (Å²) < 4.78 is 0. The Hall–Kier alpha value is -2.40. The average Bonchev–Trinajstić information content (AvgIpc) is 3.40. The first-order valence-corrected chi connectivity index (χ1v) is 8.30. The van der Waals surface area contributed by atoms with Crippen LogP contribution in [0.5, 0.6) is 0 Å². The molecule has 0 radical (unpaired) electrons. The first-order valence-electron chi connectivity index (χ1n) is 8.30. The number of hydrogen-bond donors (Lipinski definition) is 2. The van der Waals surface area contributed by atoms with Gasteiger partial charge in [0.2, 0.25) is 0 Å². The number of hydrogen-bond acceptors (Lipinski definition) is 3. The van der Waals surface area contributed by atoms with E-state index in [1.165, 1.54) is 0 Å². The monoisotopic (exact) mass is 324 g/mol. The molecular weight excluding hydrogens is 304 g/mol. The number of β-amino-alcohol motifs (C(OH)–C–C–N with tert-alkyl or cyclic N) is 1. The summed E-state index contributed by atoms with van der Waals surface area (Å²) in [5, 5.41) is 15.4. The van der Waals surface area contributed by atoms with Gasteiger partial charge < -0.3 is 10.4 Å². The minimum Gasteiger partial charge on any atom is -0.387 e. The van der Waals surface area contributed by atoms with Gasteiger partial charge in [0, 0.05) is 0 Å². The smallest absolute Gasteiger partial charge is 0.325 e. The summed E-state index contributed by atoms with van der Waals surface area (Å²) in [7, 11) is 0. The van der Waals surface area contributed by atoms with E-state index in [2.05, 4.69) is 5.32 Å². The first kappa shape index (κ1) is 15.1. The SMILES string of the molecule is CC1(C2CC2)NC(=O)N(CC(O)c2ccc3ccccc3c2)C1=O. The topological polar surface area (TPSA) is 69.6 Å². The number of carbonyl (C=O) groups is 2. The molecule has 1 saturated heterocycles. The molecule has 4 rings (SSSR count). The van der Waals surface area contributed by atoms with E-state index < -0.39 is 17.7 Å². The van der Waals surface area contributed by atoms with E-state index in [-0.39, 0.29) is 18.4 Å². The Labute approximate surface area is 140 Å². The number of nitrogens with one attached hydrogen (secondary N) is 1. The third kappa shape index (κ3) is 2.36. The highest BCUT2D eigenvalue weighted by Crippen LogP contribution is 2.42. The largest absolute Gasteiger partial charge is 0.387 e. The van der Waals surface area contributed by atoms with Gasteiger partial charge in [-0.1, -0.05) is 36.4 Å². The molecule has 2 N–H and O–H groups in total. The van der Waals surface area contributed by atoms with Gasteiger partial charge in [-0.3, -0.25) is 9.69 Å². The van der Waals surface area contributed by atoms with Crippen LogP contribution in [0.2, 0.25) is 0 Å². The fourth-order valence-corrected chi connectivity index (χ4v) is 3.51. The van der Waals surface area contributed by atoms with Gasteiger partial charge in [0.05, 0.1) is 12.6 Å². The quantitative estimate of drug-likeness (QED) is 0.849. The van der Waals surface area contributed by atoms with Crippen molar-refractivity contribution in [2.45, 2.75) is 31.4 Å². The number of rotatable bonds is 4. The maximum absolute atomic E-state index is 12.6. The van der Waals surface area contributed by atoms with Crippen molar-refractivity contribution in [2.75, 3.05) is 6.54 Å². The molecule has 0 bridgehead atoms. The highest BCUT2D eigenvalue weighted by Gasteiger charge is 2.56. The predicted molar refractivity (Wildman–Crippen MR) is 90.3 cm³/mol. The zero-order valence-corrected chi connectivity index (χ0v) is 13.5. The van der Waals surface area contributed by atoms with E-state index in [0.29, 0.717) is 5.56 Å². The van der Waals surface area contributed by atoms with Gasteiger partial charge in [0.25, 0.3) is 5.91 Å². The average molecular weight is 324 g/mol. The molecule has 5 nitrogen and oxygen atoms in total.